The Bertz CT molecular complexity index is 411. The lowest BCUT2D eigenvalue weighted by molar-refractivity contribution is 0.0358. The van der Waals surface area contributed by atoms with E-state index in [0.29, 0.717) is 6.54 Å². The van der Waals surface area contributed by atoms with Gasteiger partial charge in [-0.2, -0.15) is 0 Å². The molecule has 1 aromatic heterocycles. The maximum Gasteiger partial charge on any atom is 0.118 e. The van der Waals surface area contributed by atoms with Crippen LogP contribution >= 0.6 is 0 Å². The molecule has 102 valence electrons. The van der Waals surface area contributed by atoms with E-state index < -0.39 is 0 Å². The Morgan fingerprint density at radius 2 is 2.11 bits per heavy atom. The second-order valence-corrected chi connectivity index (χ2v) is 5.94. The Labute approximate surface area is 110 Å². The number of hydrogen-bond acceptors (Lipinski definition) is 4. The number of furan rings is 1. The molecule has 4 heteroatoms. The van der Waals surface area contributed by atoms with E-state index in [4.69, 9.17) is 10.2 Å². The molecule has 0 unspecified atom stereocenters. The molecular weight excluding hydrogens is 226 g/mol. The van der Waals surface area contributed by atoms with Crippen molar-refractivity contribution in [3.63, 3.8) is 0 Å². The van der Waals surface area contributed by atoms with Crippen molar-refractivity contribution in [3.05, 3.63) is 23.2 Å². The molecule has 18 heavy (non-hydrogen) atoms. The first-order valence-corrected chi connectivity index (χ1v) is 6.64. The maximum atomic E-state index is 5.62. The molecule has 1 saturated heterocycles. The van der Waals surface area contributed by atoms with Crippen LogP contribution in [-0.2, 0) is 13.1 Å². The largest absolute Gasteiger partial charge is 0.465 e. The summed E-state index contributed by atoms with van der Waals surface area (Å²) in [4.78, 5) is 4.93. The third-order valence-corrected chi connectivity index (χ3v) is 4.06. The van der Waals surface area contributed by atoms with Crippen LogP contribution in [0.3, 0.4) is 0 Å². The van der Waals surface area contributed by atoms with Crippen molar-refractivity contribution in [3.8, 4) is 0 Å². The SMILES string of the molecule is Cc1oc(CN)cc1CN1CCN(C)C(C)(C)C1. The van der Waals surface area contributed by atoms with Gasteiger partial charge in [0.1, 0.15) is 11.5 Å². The summed E-state index contributed by atoms with van der Waals surface area (Å²) in [5.74, 6) is 1.89. The fourth-order valence-electron chi connectivity index (χ4n) is 2.56. The van der Waals surface area contributed by atoms with Crippen LogP contribution in [0.15, 0.2) is 10.5 Å². The summed E-state index contributed by atoms with van der Waals surface area (Å²) >= 11 is 0. The highest BCUT2D eigenvalue weighted by Crippen LogP contribution is 2.22. The van der Waals surface area contributed by atoms with Crippen molar-refractivity contribution in [1.29, 1.82) is 0 Å². The number of hydrogen-bond donors (Lipinski definition) is 1. The van der Waals surface area contributed by atoms with Gasteiger partial charge in [0.15, 0.2) is 0 Å². The van der Waals surface area contributed by atoms with E-state index in [2.05, 4.69) is 36.8 Å². The summed E-state index contributed by atoms with van der Waals surface area (Å²) in [6.45, 7) is 11.4. The Hall–Kier alpha value is -0.840. The van der Waals surface area contributed by atoms with Gasteiger partial charge in [0.05, 0.1) is 6.54 Å². The molecule has 0 radical (unpaired) electrons. The molecule has 4 nitrogen and oxygen atoms in total. The molecule has 0 amide bonds. The topological polar surface area (TPSA) is 45.6 Å². The molecule has 1 fully saturated rings. The molecule has 1 aliphatic rings. The van der Waals surface area contributed by atoms with Crippen molar-refractivity contribution in [2.24, 2.45) is 5.73 Å². The third-order valence-electron chi connectivity index (χ3n) is 4.06. The lowest BCUT2D eigenvalue weighted by Crippen LogP contribution is -2.57. The van der Waals surface area contributed by atoms with Gasteiger partial charge < -0.3 is 10.2 Å². The number of rotatable bonds is 3. The number of aryl methyl sites for hydroxylation is 1. The molecule has 0 spiro atoms. The van der Waals surface area contributed by atoms with Crippen molar-refractivity contribution < 1.29 is 4.42 Å². The fraction of sp³-hybridized carbons (Fsp3) is 0.714. The minimum absolute atomic E-state index is 0.243. The van der Waals surface area contributed by atoms with Gasteiger partial charge in [0.25, 0.3) is 0 Å². The highest BCUT2D eigenvalue weighted by atomic mass is 16.3. The molecule has 2 heterocycles. The summed E-state index contributed by atoms with van der Waals surface area (Å²) in [6, 6.07) is 2.10. The van der Waals surface area contributed by atoms with Crippen molar-refractivity contribution in [2.75, 3.05) is 26.7 Å². The molecule has 0 aromatic carbocycles. The normalized spacial score (nSPS) is 21.4. The molecule has 2 rings (SSSR count). The summed E-state index contributed by atoms with van der Waals surface area (Å²) in [6.07, 6.45) is 0. The second kappa shape index (κ2) is 5.03. The van der Waals surface area contributed by atoms with Crippen LogP contribution in [0, 0.1) is 6.92 Å². The highest BCUT2D eigenvalue weighted by molar-refractivity contribution is 5.20. The van der Waals surface area contributed by atoms with Crippen LogP contribution in [0.1, 0.15) is 30.9 Å². The van der Waals surface area contributed by atoms with E-state index in [1.807, 2.05) is 6.92 Å². The molecule has 2 N–H and O–H groups in total. The molecule has 1 aromatic rings. The van der Waals surface area contributed by atoms with Crippen LogP contribution in [0.5, 0.6) is 0 Å². The predicted octanol–water partition coefficient (Wildman–Crippen LogP) is 1.57. The fourth-order valence-corrected chi connectivity index (χ4v) is 2.56. The van der Waals surface area contributed by atoms with Crippen LogP contribution in [0.2, 0.25) is 0 Å². The molecule has 0 saturated carbocycles. The van der Waals surface area contributed by atoms with E-state index in [1.165, 1.54) is 5.56 Å². The van der Waals surface area contributed by atoms with E-state index in [0.717, 1.165) is 37.7 Å². The Balaban J connectivity index is 2.03. The summed E-state index contributed by atoms with van der Waals surface area (Å²) in [5.41, 5.74) is 7.13. The van der Waals surface area contributed by atoms with Gasteiger partial charge in [-0.3, -0.25) is 9.80 Å². The molecule has 0 aliphatic carbocycles. The summed E-state index contributed by atoms with van der Waals surface area (Å²) < 4.78 is 5.62. The van der Waals surface area contributed by atoms with Gasteiger partial charge >= 0.3 is 0 Å². The Morgan fingerprint density at radius 3 is 2.67 bits per heavy atom. The average molecular weight is 251 g/mol. The quantitative estimate of drug-likeness (QED) is 0.886. The smallest absolute Gasteiger partial charge is 0.118 e. The molecule has 1 aliphatic heterocycles. The van der Waals surface area contributed by atoms with E-state index >= 15 is 0 Å². The zero-order valence-electron chi connectivity index (χ0n) is 12.0. The van der Waals surface area contributed by atoms with Crippen molar-refractivity contribution >= 4 is 0 Å². The zero-order chi connectivity index (χ0) is 13.3. The average Bonchev–Trinajstić information content (AvgIpc) is 2.65. The van der Waals surface area contributed by atoms with E-state index in [1.54, 1.807) is 0 Å². The van der Waals surface area contributed by atoms with Gasteiger partial charge in [0, 0.05) is 37.3 Å². The zero-order valence-corrected chi connectivity index (χ0v) is 12.0. The lowest BCUT2D eigenvalue weighted by Gasteiger charge is -2.45. The maximum absolute atomic E-state index is 5.62. The van der Waals surface area contributed by atoms with Gasteiger partial charge in [-0.1, -0.05) is 0 Å². The Kier molecular flexibility index (Phi) is 3.80. The minimum atomic E-state index is 0.243. The first kappa shape index (κ1) is 13.6. The van der Waals surface area contributed by atoms with Crippen LogP contribution < -0.4 is 5.73 Å². The van der Waals surface area contributed by atoms with E-state index in [-0.39, 0.29) is 5.54 Å². The third kappa shape index (κ3) is 2.76. The molecule has 0 bridgehead atoms. The first-order chi connectivity index (χ1) is 8.42. The predicted molar refractivity (Wildman–Crippen MR) is 73.3 cm³/mol. The van der Waals surface area contributed by atoms with Gasteiger partial charge in [0.2, 0.25) is 0 Å². The monoisotopic (exact) mass is 251 g/mol. The van der Waals surface area contributed by atoms with Gasteiger partial charge in [-0.15, -0.1) is 0 Å². The molecular formula is C14H25N3O. The number of piperazine rings is 1. The number of nitrogens with two attached hydrogens (primary N) is 1. The lowest BCUT2D eigenvalue weighted by atomic mass is 9.99. The van der Waals surface area contributed by atoms with Crippen molar-refractivity contribution in [2.45, 2.75) is 39.4 Å². The number of nitrogens with zero attached hydrogens (tertiary/aromatic N) is 2. The standard InChI is InChI=1S/C14H25N3O/c1-11-12(7-13(8-15)18-11)9-17-6-5-16(4)14(2,3)10-17/h7H,5-6,8-10,15H2,1-4H3. The van der Waals surface area contributed by atoms with E-state index in [9.17, 15) is 0 Å². The van der Waals surface area contributed by atoms with Crippen LogP contribution in [-0.4, -0.2) is 42.0 Å². The summed E-state index contributed by atoms with van der Waals surface area (Å²) in [5, 5.41) is 0. The van der Waals surface area contributed by atoms with Crippen LogP contribution in [0.4, 0.5) is 0 Å². The highest BCUT2D eigenvalue weighted by Gasteiger charge is 2.31. The Morgan fingerprint density at radius 1 is 1.39 bits per heavy atom. The van der Waals surface area contributed by atoms with Gasteiger partial charge in [-0.05, 0) is 33.9 Å². The van der Waals surface area contributed by atoms with Crippen LogP contribution in [0.25, 0.3) is 0 Å². The van der Waals surface area contributed by atoms with Gasteiger partial charge in [-0.25, -0.2) is 0 Å². The minimum Gasteiger partial charge on any atom is -0.465 e. The number of likely N-dealkylation sites (N-methyl/N-ethyl adjacent to an activating group) is 1. The second-order valence-electron chi connectivity index (χ2n) is 5.94. The van der Waals surface area contributed by atoms with Crippen molar-refractivity contribution in [1.82, 2.24) is 9.80 Å². The summed E-state index contributed by atoms with van der Waals surface area (Å²) in [7, 11) is 2.20. The molecule has 0 atom stereocenters. The first-order valence-electron chi connectivity index (χ1n) is 6.64.